The summed E-state index contributed by atoms with van der Waals surface area (Å²) in [5.74, 6) is 0. The van der Waals surface area contributed by atoms with E-state index in [0.717, 1.165) is 17.2 Å². The molecule has 1 N–H and O–H groups in total. The SMILES string of the molecule is CC(C)NCc1nc(COCc2ccccc2)cs1. The molecule has 0 saturated carbocycles. The average molecular weight is 276 g/mol. The number of thiazole rings is 1. The van der Waals surface area contributed by atoms with Gasteiger partial charge in [-0.3, -0.25) is 0 Å². The first-order chi connectivity index (χ1) is 9.24. The zero-order chi connectivity index (χ0) is 13.5. The number of nitrogens with one attached hydrogen (secondary N) is 1. The largest absolute Gasteiger partial charge is 0.370 e. The third-order valence-electron chi connectivity index (χ3n) is 2.62. The maximum Gasteiger partial charge on any atom is 0.107 e. The predicted molar refractivity (Wildman–Crippen MR) is 79.0 cm³/mol. The van der Waals surface area contributed by atoms with Gasteiger partial charge in [-0.2, -0.15) is 0 Å². The second-order valence-corrected chi connectivity index (χ2v) is 5.69. The zero-order valence-electron chi connectivity index (χ0n) is 11.4. The minimum atomic E-state index is 0.488. The van der Waals surface area contributed by atoms with Crippen LogP contribution in [-0.4, -0.2) is 11.0 Å². The predicted octanol–water partition coefficient (Wildman–Crippen LogP) is 3.36. The van der Waals surface area contributed by atoms with Gasteiger partial charge in [-0.15, -0.1) is 11.3 Å². The molecule has 19 heavy (non-hydrogen) atoms. The van der Waals surface area contributed by atoms with Crippen molar-refractivity contribution in [2.45, 2.75) is 39.6 Å². The molecule has 1 aromatic carbocycles. The molecule has 3 nitrogen and oxygen atoms in total. The number of ether oxygens (including phenoxy) is 1. The summed E-state index contributed by atoms with van der Waals surface area (Å²) in [6.45, 7) is 6.32. The van der Waals surface area contributed by atoms with E-state index in [4.69, 9.17) is 4.74 Å². The van der Waals surface area contributed by atoms with E-state index in [2.05, 4.69) is 41.7 Å². The smallest absolute Gasteiger partial charge is 0.107 e. The standard InChI is InChI=1S/C15H20N2OS/c1-12(2)16-8-15-17-14(11-19-15)10-18-9-13-6-4-3-5-7-13/h3-7,11-12,16H,8-10H2,1-2H3. The maximum absolute atomic E-state index is 5.67. The molecular weight excluding hydrogens is 256 g/mol. The lowest BCUT2D eigenvalue weighted by molar-refractivity contribution is 0.105. The molecule has 0 atom stereocenters. The van der Waals surface area contributed by atoms with Crippen LogP contribution in [0.4, 0.5) is 0 Å². The molecule has 0 amide bonds. The normalized spacial score (nSPS) is 11.1. The molecule has 0 aliphatic rings. The summed E-state index contributed by atoms with van der Waals surface area (Å²) in [6.07, 6.45) is 0. The van der Waals surface area contributed by atoms with Gasteiger partial charge in [0, 0.05) is 18.0 Å². The van der Waals surface area contributed by atoms with Gasteiger partial charge in [0.2, 0.25) is 0 Å². The molecule has 0 spiro atoms. The topological polar surface area (TPSA) is 34.2 Å². The Bertz CT molecular complexity index is 482. The van der Waals surface area contributed by atoms with Gasteiger partial charge in [-0.05, 0) is 5.56 Å². The van der Waals surface area contributed by atoms with Crippen LogP contribution in [0.3, 0.4) is 0 Å². The monoisotopic (exact) mass is 276 g/mol. The highest BCUT2D eigenvalue weighted by Crippen LogP contribution is 2.11. The van der Waals surface area contributed by atoms with Crippen molar-refractivity contribution in [2.75, 3.05) is 0 Å². The van der Waals surface area contributed by atoms with Crippen molar-refractivity contribution in [1.82, 2.24) is 10.3 Å². The van der Waals surface area contributed by atoms with Crippen LogP contribution in [-0.2, 0) is 24.5 Å². The van der Waals surface area contributed by atoms with Crippen LogP contribution in [0.2, 0.25) is 0 Å². The van der Waals surface area contributed by atoms with Crippen molar-refractivity contribution in [1.29, 1.82) is 0 Å². The van der Waals surface area contributed by atoms with E-state index < -0.39 is 0 Å². The highest BCUT2D eigenvalue weighted by Gasteiger charge is 2.03. The molecule has 1 heterocycles. The van der Waals surface area contributed by atoms with E-state index >= 15 is 0 Å². The molecule has 0 aliphatic heterocycles. The minimum absolute atomic E-state index is 0.488. The van der Waals surface area contributed by atoms with Crippen molar-refractivity contribution < 1.29 is 4.74 Å². The number of aromatic nitrogens is 1. The van der Waals surface area contributed by atoms with Crippen LogP contribution in [0, 0.1) is 0 Å². The highest BCUT2D eigenvalue weighted by molar-refractivity contribution is 7.09. The summed E-state index contributed by atoms with van der Waals surface area (Å²) in [4.78, 5) is 4.54. The first-order valence-electron chi connectivity index (χ1n) is 6.52. The third-order valence-corrected chi connectivity index (χ3v) is 3.52. The molecule has 0 fully saturated rings. The lowest BCUT2D eigenvalue weighted by atomic mass is 10.2. The van der Waals surface area contributed by atoms with Gasteiger partial charge in [-0.25, -0.2) is 4.98 Å². The molecule has 0 unspecified atom stereocenters. The van der Waals surface area contributed by atoms with Crippen molar-refractivity contribution in [3.63, 3.8) is 0 Å². The Kier molecular flexibility index (Phi) is 5.51. The number of rotatable bonds is 7. The lowest BCUT2D eigenvalue weighted by Gasteiger charge is -2.04. The molecule has 4 heteroatoms. The molecule has 2 aromatic rings. The molecule has 2 rings (SSSR count). The number of hydrogen-bond acceptors (Lipinski definition) is 4. The Morgan fingerprint density at radius 1 is 1.21 bits per heavy atom. The van der Waals surface area contributed by atoms with Gasteiger partial charge in [-0.1, -0.05) is 44.2 Å². The number of nitrogens with zero attached hydrogens (tertiary/aromatic N) is 1. The van der Waals surface area contributed by atoms with E-state index in [9.17, 15) is 0 Å². The van der Waals surface area contributed by atoms with Crippen LogP contribution < -0.4 is 5.32 Å². The van der Waals surface area contributed by atoms with Gasteiger partial charge in [0.15, 0.2) is 0 Å². The second kappa shape index (κ2) is 7.38. The molecule has 102 valence electrons. The van der Waals surface area contributed by atoms with E-state index in [0.29, 0.717) is 19.3 Å². The fourth-order valence-electron chi connectivity index (χ4n) is 1.64. The van der Waals surface area contributed by atoms with Gasteiger partial charge >= 0.3 is 0 Å². The Labute approximate surface area is 118 Å². The first kappa shape index (κ1) is 14.2. The molecule has 0 aliphatic carbocycles. The van der Waals surface area contributed by atoms with Gasteiger partial charge in [0.25, 0.3) is 0 Å². The summed E-state index contributed by atoms with van der Waals surface area (Å²) in [7, 11) is 0. The van der Waals surface area contributed by atoms with Crippen molar-refractivity contribution >= 4 is 11.3 Å². The van der Waals surface area contributed by atoms with Gasteiger partial charge in [0.1, 0.15) is 5.01 Å². The number of benzene rings is 1. The lowest BCUT2D eigenvalue weighted by Crippen LogP contribution is -2.21. The van der Waals surface area contributed by atoms with Crippen molar-refractivity contribution in [3.05, 3.63) is 52.0 Å². The summed E-state index contributed by atoms with van der Waals surface area (Å²) in [5.41, 5.74) is 2.21. The van der Waals surface area contributed by atoms with E-state index in [-0.39, 0.29) is 0 Å². The average Bonchev–Trinajstić information content (AvgIpc) is 2.86. The van der Waals surface area contributed by atoms with E-state index in [1.807, 2.05) is 18.2 Å². The van der Waals surface area contributed by atoms with Crippen LogP contribution in [0.1, 0.15) is 30.1 Å². The minimum Gasteiger partial charge on any atom is -0.370 e. The zero-order valence-corrected chi connectivity index (χ0v) is 12.2. The van der Waals surface area contributed by atoms with Crippen LogP contribution in [0.15, 0.2) is 35.7 Å². The summed E-state index contributed by atoms with van der Waals surface area (Å²) >= 11 is 1.68. The Morgan fingerprint density at radius 3 is 2.74 bits per heavy atom. The fourth-order valence-corrected chi connectivity index (χ4v) is 2.36. The first-order valence-corrected chi connectivity index (χ1v) is 7.40. The van der Waals surface area contributed by atoms with Crippen LogP contribution in [0.5, 0.6) is 0 Å². The van der Waals surface area contributed by atoms with E-state index in [1.54, 1.807) is 11.3 Å². The van der Waals surface area contributed by atoms with Gasteiger partial charge in [0.05, 0.1) is 18.9 Å². The van der Waals surface area contributed by atoms with Crippen LogP contribution >= 0.6 is 11.3 Å². The van der Waals surface area contributed by atoms with Crippen LogP contribution in [0.25, 0.3) is 0 Å². The molecule has 1 aromatic heterocycles. The Morgan fingerprint density at radius 2 is 2.00 bits per heavy atom. The highest BCUT2D eigenvalue weighted by atomic mass is 32.1. The molecular formula is C15H20N2OS. The summed E-state index contributed by atoms with van der Waals surface area (Å²) in [5, 5.41) is 6.55. The van der Waals surface area contributed by atoms with Crippen molar-refractivity contribution in [3.8, 4) is 0 Å². The Hall–Kier alpha value is -1.23. The van der Waals surface area contributed by atoms with E-state index in [1.165, 1.54) is 5.56 Å². The maximum atomic E-state index is 5.67. The summed E-state index contributed by atoms with van der Waals surface area (Å²) in [6, 6.07) is 10.7. The molecule has 0 saturated heterocycles. The molecule has 0 radical (unpaired) electrons. The quantitative estimate of drug-likeness (QED) is 0.842. The molecule has 0 bridgehead atoms. The second-order valence-electron chi connectivity index (χ2n) is 4.75. The van der Waals surface area contributed by atoms with Gasteiger partial charge < -0.3 is 10.1 Å². The van der Waals surface area contributed by atoms with Crippen molar-refractivity contribution in [2.24, 2.45) is 0 Å². The Balaban J connectivity index is 1.74. The number of hydrogen-bond donors (Lipinski definition) is 1. The summed E-state index contributed by atoms with van der Waals surface area (Å²) < 4.78 is 5.67. The fraction of sp³-hybridized carbons (Fsp3) is 0.400. The third kappa shape index (κ3) is 5.11.